The normalized spacial score (nSPS) is 16.9. The van der Waals surface area contributed by atoms with Crippen LogP contribution in [0.1, 0.15) is 24.8 Å². The minimum Gasteiger partial charge on any atom is -0.327 e. The van der Waals surface area contributed by atoms with Crippen molar-refractivity contribution < 1.29 is 13.6 Å². The molecule has 17 heavy (non-hydrogen) atoms. The summed E-state index contributed by atoms with van der Waals surface area (Å²) in [7, 11) is 0. The lowest BCUT2D eigenvalue weighted by Crippen LogP contribution is -2.26. The first-order valence-electron chi connectivity index (χ1n) is 5.78. The molecule has 0 spiro atoms. The van der Waals surface area contributed by atoms with E-state index in [0.717, 1.165) is 25.0 Å². The molecule has 1 atom stereocenters. The molecule has 92 valence electrons. The predicted octanol–water partition coefficient (Wildman–Crippen LogP) is 2.20. The van der Waals surface area contributed by atoms with Crippen molar-refractivity contribution in [3.05, 3.63) is 35.4 Å². The minimum absolute atomic E-state index is 0.152. The summed E-state index contributed by atoms with van der Waals surface area (Å²) in [6.45, 7) is 0. The lowest BCUT2D eigenvalue weighted by molar-refractivity contribution is -0.118. The van der Waals surface area contributed by atoms with Gasteiger partial charge in [0.25, 0.3) is 0 Å². The smallest absolute Gasteiger partial charge is 0.139 e. The molecule has 0 radical (unpaired) electrons. The molecule has 2 rings (SSSR count). The Kier molecular flexibility index (Phi) is 3.52. The Bertz CT molecular complexity index is 409. The fraction of sp³-hybridized carbons (Fsp3) is 0.462. The maximum absolute atomic E-state index is 13.3. The maximum Gasteiger partial charge on any atom is 0.139 e. The lowest BCUT2D eigenvalue weighted by Gasteiger charge is -2.09. The molecule has 0 amide bonds. The number of nitrogens with two attached hydrogens (primary N) is 1. The van der Waals surface area contributed by atoms with E-state index < -0.39 is 11.6 Å². The Labute approximate surface area is 98.8 Å². The van der Waals surface area contributed by atoms with Crippen molar-refractivity contribution in [2.24, 2.45) is 11.7 Å². The molecular formula is C13H15F2NO. The maximum atomic E-state index is 13.3. The Morgan fingerprint density at radius 2 is 1.94 bits per heavy atom. The average molecular weight is 239 g/mol. The SMILES string of the molecule is NC(CC(=O)Cc1c(F)cccc1F)C1CC1. The van der Waals surface area contributed by atoms with Gasteiger partial charge in [-0.1, -0.05) is 6.07 Å². The Morgan fingerprint density at radius 3 is 2.47 bits per heavy atom. The van der Waals surface area contributed by atoms with Crippen LogP contribution in [0.5, 0.6) is 0 Å². The fourth-order valence-electron chi connectivity index (χ4n) is 1.92. The molecule has 1 aliphatic carbocycles. The quantitative estimate of drug-likeness (QED) is 0.856. The standard InChI is InChI=1S/C13H15F2NO/c14-11-2-1-3-12(15)10(11)6-9(17)7-13(16)8-4-5-8/h1-3,8,13H,4-7,16H2. The highest BCUT2D eigenvalue weighted by Gasteiger charge is 2.30. The third-order valence-corrected chi connectivity index (χ3v) is 3.13. The minimum atomic E-state index is -0.668. The topological polar surface area (TPSA) is 43.1 Å². The van der Waals surface area contributed by atoms with Gasteiger partial charge in [-0.25, -0.2) is 8.78 Å². The van der Waals surface area contributed by atoms with Crippen LogP contribution < -0.4 is 5.73 Å². The zero-order valence-electron chi connectivity index (χ0n) is 9.46. The van der Waals surface area contributed by atoms with Crippen LogP contribution >= 0.6 is 0 Å². The van der Waals surface area contributed by atoms with Crippen molar-refractivity contribution in [1.29, 1.82) is 0 Å². The van der Waals surface area contributed by atoms with Crippen molar-refractivity contribution >= 4 is 5.78 Å². The fourth-order valence-corrected chi connectivity index (χ4v) is 1.92. The molecule has 2 N–H and O–H groups in total. The first-order valence-corrected chi connectivity index (χ1v) is 5.78. The molecule has 1 fully saturated rings. The zero-order valence-corrected chi connectivity index (χ0v) is 9.46. The van der Waals surface area contributed by atoms with Gasteiger partial charge < -0.3 is 5.73 Å². The van der Waals surface area contributed by atoms with Gasteiger partial charge in [0.2, 0.25) is 0 Å². The molecule has 0 aromatic heterocycles. The van der Waals surface area contributed by atoms with Crippen LogP contribution in [0.25, 0.3) is 0 Å². The van der Waals surface area contributed by atoms with E-state index in [1.807, 2.05) is 0 Å². The number of carbonyl (C=O) groups is 1. The van der Waals surface area contributed by atoms with Gasteiger partial charge in [-0.2, -0.15) is 0 Å². The van der Waals surface area contributed by atoms with Crippen LogP contribution in [0.2, 0.25) is 0 Å². The Hall–Kier alpha value is -1.29. The number of halogens is 2. The van der Waals surface area contributed by atoms with Gasteiger partial charge in [0.15, 0.2) is 0 Å². The molecule has 1 aromatic carbocycles. The van der Waals surface area contributed by atoms with E-state index in [4.69, 9.17) is 5.73 Å². The number of hydrogen-bond acceptors (Lipinski definition) is 2. The van der Waals surface area contributed by atoms with Crippen molar-refractivity contribution in [2.45, 2.75) is 31.7 Å². The molecular weight excluding hydrogens is 224 g/mol. The summed E-state index contributed by atoms with van der Waals surface area (Å²) >= 11 is 0. The zero-order chi connectivity index (χ0) is 12.4. The van der Waals surface area contributed by atoms with Gasteiger partial charge >= 0.3 is 0 Å². The van der Waals surface area contributed by atoms with E-state index in [1.165, 1.54) is 6.07 Å². The van der Waals surface area contributed by atoms with Crippen molar-refractivity contribution in [1.82, 2.24) is 0 Å². The van der Waals surface area contributed by atoms with E-state index in [0.29, 0.717) is 5.92 Å². The summed E-state index contributed by atoms with van der Waals surface area (Å²) in [5, 5.41) is 0. The third kappa shape index (κ3) is 3.09. The molecule has 1 saturated carbocycles. The van der Waals surface area contributed by atoms with Crippen LogP contribution in [0, 0.1) is 17.6 Å². The van der Waals surface area contributed by atoms with E-state index in [9.17, 15) is 13.6 Å². The first kappa shape index (κ1) is 12.2. The molecule has 1 unspecified atom stereocenters. The van der Waals surface area contributed by atoms with Crippen molar-refractivity contribution in [3.63, 3.8) is 0 Å². The second-order valence-corrected chi connectivity index (χ2v) is 4.62. The summed E-state index contributed by atoms with van der Waals surface area (Å²) in [6, 6.07) is 3.45. The van der Waals surface area contributed by atoms with Gasteiger partial charge in [-0.15, -0.1) is 0 Å². The Balaban J connectivity index is 1.97. The highest BCUT2D eigenvalue weighted by molar-refractivity contribution is 5.81. The summed E-state index contributed by atoms with van der Waals surface area (Å²) in [6.07, 6.45) is 2.11. The molecule has 0 saturated heterocycles. The van der Waals surface area contributed by atoms with E-state index in [-0.39, 0.29) is 30.2 Å². The summed E-state index contributed by atoms with van der Waals surface area (Å²) in [4.78, 5) is 11.6. The predicted molar refractivity (Wildman–Crippen MR) is 60.4 cm³/mol. The van der Waals surface area contributed by atoms with E-state index in [1.54, 1.807) is 0 Å². The lowest BCUT2D eigenvalue weighted by atomic mass is 10.0. The second-order valence-electron chi connectivity index (χ2n) is 4.62. The number of rotatable bonds is 5. The highest BCUT2D eigenvalue weighted by Crippen LogP contribution is 2.33. The Morgan fingerprint density at radius 1 is 1.35 bits per heavy atom. The highest BCUT2D eigenvalue weighted by atomic mass is 19.1. The number of ketones is 1. The number of Topliss-reactive ketones (excluding diaryl/α,β-unsaturated/α-hetero) is 1. The van der Waals surface area contributed by atoms with Gasteiger partial charge in [0.1, 0.15) is 17.4 Å². The van der Waals surface area contributed by atoms with Crippen LogP contribution in [-0.4, -0.2) is 11.8 Å². The molecule has 0 heterocycles. The number of benzene rings is 1. The van der Waals surface area contributed by atoms with E-state index >= 15 is 0 Å². The number of carbonyl (C=O) groups excluding carboxylic acids is 1. The molecule has 0 aliphatic heterocycles. The monoisotopic (exact) mass is 239 g/mol. The average Bonchev–Trinajstić information content (AvgIpc) is 3.07. The summed E-state index contributed by atoms with van der Waals surface area (Å²) in [5.74, 6) is -1.12. The first-order chi connectivity index (χ1) is 8.08. The van der Waals surface area contributed by atoms with Crippen LogP contribution in [-0.2, 0) is 11.2 Å². The van der Waals surface area contributed by atoms with Gasteiger partial charge in [-0.05, 0) is 30.9 Å². The van der Waals surface area contributed by atoms with Crippen LogP contribution in [0.15, 0.2) is 18.2 Å². The molecule has 1 aliphatic rings. The van der Waals surface area contributed by atoms with Crippen molar-refractivity contribution in [2.75, 3.05) is 0 Å². The molecule has 0 bridgehead atoms. The van der Waals surface area contributed by atoms with Crippen LogP contribution in [0.3, 0.4) is 0 Å². The third-order valence-electron chi connectivity index (χ3n) is 3.13. The summed E-state index contributed by atoms with van der Waals surface area (Å²) in [5.41, 5.74) is 5.65. The largest absolute Gasteiger partial charge is 0.327 e. The van der Waals surface area contributed by atoms with Gasteiger partial charge in [0.05, 0.1) is 0 Å². The van der Waals surface area contributed by atoms with Crippen LogP contribution in [0.4, 0.5) is 8.78 Å². The molecule has 1 aromatic rings. The van der Waals surface area contributed by atoms with Gasteiger partial charge in [-0.3, -0.25) is 4.79 Å². The van der Waals surface area contributed by atoms with E-state index in [2.05, 4.69) is 0 Å². The molecule has 2 nitrogen and oxygen atoms in total. The second kappa shape index (κ2) is 4.92. The summed E-state index contributed by atoms with van der Waals surface area (Å²) < 4.78 is 26.6. The molecule has 4 heteroatoms. The van der Waals surface area contributed by atoms with Gasteiger partial charge in [0, 0.05) is 24.4 Å². The van der Waals surface area contributed by atoms with Crippen molar-refractivity contribution in [3.8, 4) is 0 Å². The number of hydrogen-bond donors (Lipinski definition) is 1.